The van der Waals surface area contributed by atoms with E-state index in [9.17, 15) is 14.4 Å². The molecule has 0 aliphatic rings. The predicted molar refractivity (Wildman–Crippen MR) is 76.7 cm³/mol. The van der Waals surface area contributed by atoms with Crippen molar-refractivity contribution < 1.29 is 19.1 Å². The normalized spacial score (nSPS) is 10.0. The van der Waals surface area contributed by atoms with Gasteiger partial charge in [-0.1, -0.05) is 0 Å². The molecule has 21 heavy (non-hydrogen) atoms. The van der Waals surface area contributed by atoms with Gasteiger partial charge in [-0.25, -0.2) is 0 Å². The van der Waals surface area contributed by atoms with Crippen LogP contribution in [0.2, 0.25) is 0 Å². The molecular formula is C14H19N3O4. The molecular weight excluding hydrogens is 274 g/mol. The van der Waals surface area contributed by atoms with Gasteiger partial charge in [-0.15, -0.1) is 0 Å². The number of benzene rings is 1. The number of primary amides is 1. The van der Waals surface area contributed by atoms with Crippen molar-refractivity contribution in [2.75, 3.05) is 13.2 Å². The minimum absolute atomic E-state index is 0.0226. The summed E-state index contributed by atoms with van der Waals surface area (Å²) in [6.45, 7) is 3.35. The second-order valence-corrected chi connectivity index (χ2v) is 4.68. The minimum Gasteiger partial charge on any atom is -0.484 e. The molecule has 0 atom stereocenters. The Kier molecular flexibility index (Phi) is 6.19. The quantitative estimate of drug-likeness (QED) is 0.646. The van der Waals surface area contributed by atoms with Gasteiger partial charge in [0, 0.05) is 11.6 Å². The first-order valence-electron chi connectivity index (χ1n) is 6.47. The van der Waals surface area contributed by atoms with Crippen molar-refractivity contribution >= 4 is 17.7 Å². The summed E-state index contributed by atoms with van der Waals surface area (Å²) >= 11 is 0. The first-order valence-corrected chi connectivity index (χ1v) is 6.47. The zero-order valence-electron chi connectivity index (χ0n) is 12.0. The highest BCUT2D eigenvalue weighted by atomic mass is 16.5. The smallest absolute Gasteiger partial charge is 0.258 e. The third-order valence-electron chi connectivity index (χ3n) is 2.40. The van der Waals surface area contributed by atoms with Crippen LogP contribution in [0.5, 0.6) is 5.75 Å². The number of rotatable bonds is 7. The third-order valence-corrected chi connectivity index (χ3v) is 2.40. The first-order chi connectivity index (χ1) is 9.88. The van der Waals surface area contributed by atoms with Crippen molar-refractivity contribution in [2.24, 2.45) is 5.73 Å². The van der Waals surface area contributed by atoms with Gasteiger partial charge < -0.3 is 21.1 Å². The summed E-state index contributed by atoms with van der Waals surface area (Å²) in [5.74, 6) is -0.769. The summed E-state index contributed by atoms with van der Waals surface area (Å²) in [7, 11) is 0. The Morgan fingerprint density at radius 2 is 1.76 bits per heavy atom. The van der Waals surface area contributed by atoms with Crippen molar-refractivity contribution in [1.29, 1.82) is 0 Å². The first kappa shape index (κ1) is 16.5. The molecule has 0 aromatic heterocycles. The standard InChI is InChI=1S/C14H19N3O4/c1-9(2)17-12(18)7-16-13(19)8-21-11-5-3-10(4-6-11)14(15)20/h3-6,9H,7-8H2,1-2H3,(H2,15,20)(H,16,19)(H,17,18). The largest absolute Gasteiger partial charge is 0.484 e. The van der Waals surface area contributed by atoms with E-state index in [1.165, 1.54) is 12.1 Å². The highest BCUT2D eigenvalue weighted by Gasteiger charge is 2.07. The molecule has 0 radical (unpaired) electrons. The Labute approximate surface area is 122 Å². The number of nitrogens with two attached hydrogens (primary N) is 1. The summed E-state index contributed by atoms with van der Waals surface area (Å²) in [6, 6.07) is 6.11. The lowest BCUT2D eigenvalue weighted by Gasteiger charge is -2.10. The van der Waals surface area contributed by atoms with Crippen LogP contribution in [0.3, 0.4) is 0 Å². The second-order valence-electron chi connectivity index (χ2n) is 4.68. The van der Waals surface area contributed by atoms with E-state index in [-0.39, 0.29) is 25.1 Å². The molecule has 3 amide bonds. The monoisotopic (exact) mass is 293 g/mol. The van der Waals surface area contributed by atoms with Crippen molar-refractivity contribution in [3.63, 3.8) is 0 Å². The number of carbonyl (C=O) groups excluding carboxylic acids is 3. The second kappa shape index (κ2) is 7.88. The molecule has 1 rings (SSSR count). The van der Waals surface area contributed by atoms with Crippen LogP contribution in [0.4, 0.5) is 0 Å². The van der Waals surface area contributed by atoms with Crippen LogP contribution in [0.1, 0.15) is 24.2 Å². The van der Waals surface area contributed by atoms with Crippen LogP contribution in [-0.2, 0) is 9.59 Å². The van der Waals surface area contributed by atoms with E-state index < -0.39 is 11.8 Å². The van der Waals surface area contributed by atoms with Gasteiger partial charge in [0.1, 0.15) is 5.75 Å². The van der Waals surface area contributed by atoms with Gasteiger partial charge >= 0.3 is 0 Å². The molecule has 0 fully saturated rings. The zero-order chi connectivity index (χ0) is 15.8. The Morgan fingerprint density at radius 3 is 2.29 bits per heavy atom. The predicted octanol–water partition coefficient (Wildman–Crippen LogP) is -0.195. The lowest BCUT2D eigenvalue weighted by Crippen LogP contribution is -2.41. The maximum absolute atomic E-state index is 11.5. The Bertz CT molecular complexity index is 511. The average Bonchev–Trinajstić information content (AvgIpc) is 2.42. The number of carbonyl (C=O) groups is 3. The van der Waals surface area contributed by atoms with Crippen molar-refractivity contribution in [3.8, 4) is 5.75 Å². The van der Waals surface area contributed by atoms with Gasteiger partial charge in [0.05, 0.1) is 6.54 Å². The van der Waals surface area contributed by atoms with Crippen LogP contribution in [0.15, 0.2) is 24.3 Å². The summed E-state index contributed by atoms with van der Waals surface area (Å²) in [5, 5.41) is 5.09. The topological polar surface area (TPSA) is 111 Å². The lowest BCUT2D eigenvalue weighted by molar-refractivity contribution is -0.127. The molecule has 0 heterocycles. The SMILES string of the molecule is CC(C)NC(=O)CNC(=O)COc1ccc(C(N)=O)cc1. The Hall–Kier alpha value is -2.57. The van der Waals surface area contributed by atoms with Crippen LogP contribution in [-0.4, -0.2) is 36.9 Å². The van der Waals surface area contributed by atoms with Gasteiger partial charge in [0.15, 0.2) is 6.61 Å². The number of hydrogen-bond donors (Lipinski definition) is 3. The molecule has 0 aliphatic carbocycles. The molecule has 7 nitrogen and oxygen atoms in total. The fourth-order valence-electron chi connectivity index (χ4n) is 1.47. The van der Waals surface area contributed by atoms with Gasteiger partial charge in [-0.3, -0.25) is 14.4 Å². The van der Waals surface area contributed by atoms with E-state index >= 15 is 0 Å². The van der Waals surface area contributed by atoms with Gasteiger partial charge in [-0.2, -0.15) is 0 Å². The van der Waals surface area contributed by atoms with E-state index in [2.05, 4.69) is 10.6 Å². The van der Waals surface area contributed by atoms with E-state index in [1.54, 1.807) is 12.1 Å². The molecule has 0 unspecified atom stereocenters. The molecule has 0 aliphatic heterocycles. The van der Waals surface area contributed by atoms with E-state index in [0.29, 0.717) is 11.3 Å². The summed E-state index contributed by atoms with van der Waals surface area (Å²) in [6.07, 6.45) is 0. The molecule has 0 bridgehead atoms. The highest BCUT2D eigenvalue weighted by Crippen LogP contribution is 2.11. The summed E-state index contributed by atoms with van der Waals surface area (Å²) < 4.78 is 5.22. The zero-order valence-corrected chi connectivity index (χ0v) is 12.0. The van der Waals surface area contributed by atoms with Gasteiger partial charge in [0.25, 0.3) is 5.91 Å². The Morgan fingerprint density at radius 1 is 1.14 bits per heavy atom. The number of hydrogen-bond acceptors (Lipinski definition) is 4. The molecule has 4 N–H and O–H groups in total. The molecule has 114 valence electrons. The molecule has 7 heteroatoms. The number of amides is 3. The molecule has 0 saturated heterocycles. The van der Waals surface area contributed by atoms with Crippen LogP contribution >= 0.6 is 0 Å². The van der Waals surface area contributed by atoms with Gasteiger partial charge in [0.2, 0.25) is 11.8 Å². The lowest BCUT2D eigenvalue weighted by atomic mass is 10.2. The number of nitrogens with one attached hydrogen (secondary N) is 2. The average molecular weight is 293 g/mol. The molecule has 0 spiro atoms. The number of ether oxygens (including phenoxy) is 1. The maximum atomic E-state index is 11.5. The minimum atomic E-state index is -0.532. The summed E-state index contributed by atoms with van der Waals surface area (Å²) in [4.78, 5) is 33.7. The third kappa shape index (κ3) is 6.42. The molecule has 0 saturated carbocycles. The van der Waals surface area contributed by atoms with Crippen LogP contribution in [0, 0.1) is 0 Å². The Balaban J connectivity index is 2.32. The van der Waals surface area contributed by atoms with Crippen LogP contribution in [0.25, 0.3) is 0 Å². The van der Waals surface area contributed by atoms with E-state index in [0.717, 1.165) is 0 Å². The highest BCUT2D eigenvalue weighted by molar-refractivity contribution is 5.92. The van der Waals surface area contributed by atoms with Crippen molar-refractivity contribution in [2.45, 2.75) is 19.9 Å². The summed E-state index contributed by atoms with van der Waals surface area (Å²) in [5.41, 5.74) is 5.46. The van der Waals surface area contributed by atoms with Crippen molar-refractivity contribution in [1.82, 2.24) is 10.6 Å². The van der Waals surface area contributed by atoms with Crippen molar-refractivity contribution in [3.05, 3.63) is 29.8 Å². The fraction of sp³-hybridized carbons (Fsp3) is 0.357. The van der Waals surface area contributed by atoms with Crippen LogP contribution < -0.4 is 21.1 Å². The molecule has 1 aromatic carbocycles. The van der Waals surface area contributed by atoms with E-state index in [1.807, 2.05) is 13.8 Å². The maximum Gasteiger partial charge on any atom is 0.258 e. The van der Waals surface area contributed by atoms with Gasteiger partial charge in [-0.05, 0) is 38.1 Å². The molecule has 1 aromatic rings. The van der Waals surface area contributed by atoms with E-state index in [4.69, 9.17) is 10.5 Å². The fourth-order valence-corrected chi connectivity index (χ4v) is 1.47.